The number of aliphatic carboxylic acids is 1. The smallest absolute Gasteiger partial charge is 0.323 e. The average Bonchev–Trinajstić information content (AvgIpc) is 1.99. The Labute approximate surface area is 61.5 Å². The SMILES string of the molecule is O=C(CC(NO)C(=O)O)NO. The molecular weight excluding hydrogens is 156 g/mol. The highest BCUT2D eigenvalue weighted by Crippen LogP contribution is 1.89. The van der Waals surface area contributed by atoms with Gasteiger partial charge in [0.15, 0.2) is 0 Å². The topological polar surface area (TPSA) is 119 Å². The molecule has 0 heterocycles. The third-order valence-electron chi connectivity index (χ3n) is 0.968. The van der Waals surface area contributed by atoms with Gasteiger partial charge < -0.3 is 10.3 Å². The van der Waals surface area contributed by atoms with Gasteiger partial charge in [0.1, 0.15) is 6.04 Å². The van der Waals surface area contributed by atoms with Gasteiger partial charge >= 0.3 is 5.97 Å². The number of carboxylic acid groups (broad SMARTS) is 1. The van der Waals surface area contributed by atoms with Crippen LogP contribution in [0.1, 0.15) is 6.42 Å². The molecule has 0 bridgehead atoms. The van der Waals surface area contributed by atoms with Crippen molar-refractivity contribution in [3.63, 3.8) is 0 Å². The molecule has 0 radical (unpaired) electrons. The van der Waals surface area contributed by atoms with Gasteiger partial charge in [0.25, 0.3) is 0 Å². The molecule has 0 saturated heterocycles. The summed E-state index contributed by atoms with van der Waals surface area (Å²) in [6, 6.07) is -1.40. The molecule has 5 N–H and O–H groups in total. The summed E-state index contributed by atoms with van der Waals surface area (Å²) in [5, 5.41) is 24.3. The second kappa shape index (κ2) is 4.61. The van der Waals surface area contributed by atoms with Crippen LogP contribution in [0.4, 0.5) is 0 Å². The molecule has 64 valence electrons. The van der Waals surface area contributed by atoms with Crippen molar-refractivity contribution in [2.45, 2.75) is 12.5 Å². The van der Waals surface area contributed by atoms with Gasteiger partial charge in [-0.25, -0.2) is 5.48 Å². The highest BCUT2D eigenvalue weighted by molar-refractivity contribution is 5.83. The van der Waals surface area contributed by atoms with Gasteiger partial charge in [0, 0.05) is 0 Å². The van der Waals surface area contributed by atoms with E-state index in [0.717, 1.165) is 0 Å². The molecule has 0 aromatic rings. The van der Waals surface area contributed by atoms with Gasteiger partial charge in [0.05, 0.1) is 6.42 Å². The summed E-state index contributed by atoms with van der Waals surface area (Å²) in [5.41, 5.74) is 2.63. The second-order valence-electron chi connectivity index (χ2n) is 1.76. The molecule has 1 amide bonds. The van der Waals surface area contributed by atoms with Gasteiger partial charge in [-0.05, 0) is 0 Å². The summed E-state index contributed by atoms with van der Waals surface area (Å²) in [6.07, 6.45) is -0.539. The van der Waals surface area contributed by atoms with Gasteiger partial charge in [-0.1, -0.05) is 0 Å². The molecule has 1 unspecified atom stereocenters. The van der Waals surface area contributed by atoms with Crippen molar-refractivity contribution >= 4 is 11.9 Å². The molecule has 0 aliphatic carbocycles. The Morgan fingerprint density at radius 1 is 1.36 bits per heavy atom. The van der Waals surface area contributed by atoms with Crippen LogP contribution in [-0.2, 0) is 9.59 Å². The number of hydrogen-bond donors (Lipinski definition) is 5. The zero-order valence-electron chi connectivity index (χ0n) is 5.44. The number of carbonyl (C=O) groups excluding carboxylic acids is 1. The van der Waals surface area contributed by atoms with E-state index in [9.17, 15) is 9.59 Å². The normalized spacial score (nSPS) is 12.2. The molecule has 0 fully saturated rings. The first-order valence-corrected chi connectivity index (χ1v) is 2.67. The molecule has 11 heavy (non-hydrogen) atoms. The van der Waals surface area contributed by atoms with Gasteiger partial charge in [0.2, 0.25) is 5.91 Å². The molecule has 0 aliphatic rings. The standard InChI is InChI=1S/C4H8N2O5/c7-3(6-11)1-2(5-10)4(8)9/h2,5,10-11H,1H2,(H,6,7)(H,8,9). The van der Waals surface area contributed by atoms with Crippen molar-refractivity contribution in [1.29, 1.82) is 0 Å². The lowest BCUT2D eigenvalue weighted by atomic mass is 10.2. The predicted molar refractivity (Wildman–Crippen MR) is 30.9 cm³/mol. The molecule has 7 heteroatoms. The van der Waals surface area contributed by atoms with Crippen LogP contribution in [0.3, 0.4) is 0 Å². The Kier molecular flexibility index (Phi) is 4.11. The predicted octanol–water partition coefficient (Wildman–Crippen LogP) is -1.69. The highest BCUT2D eigenvalue weighted by Gasteiger charge is 2.19. The van der Waals surface area contributed by atoms with E-state index >= 15 is 0 Å². The first kappa shape index (κ1) is 9.82. The molecule has 0 rings (SSSR count). The molecule has 1 atom stereocenters. The van der Waals surface area contributed by atoms with Crippen LogP contribution in [0.2, 0.25) is 0 Å². The van der Waals surface area contributed by atoms with Gasteiger partial charge in [-0.15, -0.1) is 0 Å². The Morgan fingerprint density at radius 3 is 2.18 bits per heavy atom. The molecule has 0 aromatic carbocycles. The van der Waals surface area contributed by atoms with Crippen LogP contribution in [0.25, 0.3) is 0 Å². The molecule has 0 saturated carbocycles. The Bertz CT molecular complexity index is 159. The van der Waals surface area contributed by atoms with Crippen LogP contribution >= 0.6 is 0 Å². The fourth-order valence-electron chi connectivity index (χ4n) is 0.419. The second-order valence-corrected chi connectivity index (χ2v) is 1.76. The van der Waals surface area contributed by atoms with E-state index in [0.29, 0.717) is 0 Å². The van der Waals surface area contributed by atoms with E-state index in [1.165, 1.54) is 11.0 Å². The fourth-order valence-corrected chi connectivity index (χ4v) is 0.419. The van der Waals surface area contributed by atoms with Crippen LogP contribution in [0.15, 0.2) is 0 Å². The number of hydrogen-bond acceptors (Lipinski definition) is 5. The zero-order chi connectivity index (χ0) is 8.85. The lowest BCUT2D eigenvalue weighted by Crippen LogP contribution is -2.38. The summed E-state index contributed by atoms with van der Waals surface area (Å²) in [6.45, 7) is 0. The maximum Gasteiger partial charge on any atom is 0.323 e. The minimum absolute atomic E-state index is 0.539. The van der Waals surface area contributed by atoms with Crippen molar-refractivity contribution in [1.82, 2.24) is 11.0 Å². The number of carboxylic acids is 1. The average molecular weight is 164 g/mol. The van der Waals surface area contributed by atoms with Crippen LogP contribution in [0, 0.1) is 0 Å². The van der Waals surface area contributed by atoms with E-state index in [2.05, 4.69) is 0 Å². The molecule has 0 aromatic heterocycles. The highest BCUT2D eigenvalue weighted by atomic mass is 16.5. The number of carbonyl (C=O) groups is 2. The minimum atomic E-state index is -1.40. The van der Waals surface area contributed by atoms with Crippen molar-refractivity contribution in [3.8, 4) is 0 Å². The van der Waals surface area contributed by atoms with E-state index in [1.54, 1.807) is 0 Å². The zero-order valence-corrected chi connectivity index (χ0v) is 5.44. The van der Waals surface area contributed by atoms with Crippen molar-refractivity contribution in [3.05, 3.63) is 0 Å². The van der Waals surface area contributed by atoms with E-state index < -0.39 is 24.3 Å². The summed E-state index contributed by atoms with van der Waals surface area (Å²) in [4.78, 5) is 20.4. The molecule has 0 spiro atoms. The number of amides is 1. The summed E-state index contributed by atoms with van der Waals surface area (Å²) < 4.78 is 0. The first-order chi connectivity index (χ1) is 5.11. The summed E-state index contributed by atoms with van der Waals surface area (Å²) in [5.74, 6) is -2.27. The lowest BCUT2D eigenvalue weighted by molar-refractivity contribution is -0.146. The Morgan fingerprint density at radius 2 is 1.91 bits per heavy atom. The lowest BCUT2D eigenvalue weighted by Gasteiger charge is -2.06. The van der Waals surface area contributed by atoms with Crippen LogP contribution in [-0.4, -0.2) is 33.4 Å². The van der Waals surface area contributed by atoms with Crippen molar-refractivity contribution in [2.24, 2.45) is 0 Å². The summed E-state index contributed by atoms with van der Waals surface area (Å²) in [7, 11) is 0. The fraction of sp³-hybridized carbons (Fsp3) is 0.500. The van der Waals surface area contributed by atoms with Crippen molar-refractivity contribution < 1.29 is 25.1 Å². The van der Waals surface area contributed by atoms with Crippen LogP contribution in [0.5, 0.6) is 0 Å². The minimum Gasteiger partial charge on any atom is -0.480 e. The van der Waals surface area contributed by atoms with Gasteiger partial charge in [-0.2, -0.15) is 5.48 Å². The molecule has 0 aliphatic heterocycles. The Balaban J connectivity index is 3.88. The van der Waals surface area contributed by atoms with Crippen LogP contribution < -0.4 is 11.0 Å². The quantitative estimate of drug-likeness (QED) is 0.250. The third-order valence-corrected chi connectivity index (χ3v) is 0.968. The molecular formula is C4H8N2O5. The Hall–Kier alpha value is -1.18. The maximum atomic E-state index is 10.3. The van der Waals surface area contributed by atoms with E-state index in [-0.39, 0.29) is 0 Å². The number of nitrogens with one attached hydrogen (secondary N) is 2. The van der Waals surface area contributed by atoms with E-state index in [1.807, 2.05) is 0 Å². The number of hydroxylamine groups is 2. The first-order valence-electron chi connectivity index (χ1n) is 2.67. The summed E-state index contributed by atoms with van der Waals surface area (Å²) >= 11 is 0. The number of rotatable bonds is 4. The largest absolute Gasteiger partial charge is 0.480 e. The molecule has 7 nitrogen and oxygen atoms in total. The van der Waals surface area contributed by atoms with Crippen molar-refractivity contribution in [2.75, 3.05) is 0 Å². The monoisotopic (exact) mass is 164 g/mol. The van der Waals surface area contributed by atoms with Gasteiger partial charge in [-0.3, -0.25) is 14.8 Å². The third kappa shape index (κ3) is 3.50. The van der Waals surface area contributed by atoms with E-state index in [4.69, 9.17) is 15.5 Å². The maximum absolute atomic E-state index is 10.3.